The predicted octanol–water partition coefficient (Wildman–Crippen LogP) is 4.62. The summed E-state index contributed by atoms with van der Waals surface area (Å²) in [5, 5.41) is 6.18. The van der Waals surface area contributed by atoms with Crippen molar-refractivity contribution in [3.05, 3.63) is 105 Å². The van der Waals surface area contributed by atoms with Gasteiger partial charge in [0.15, 0.2) is 0 Å². The maximum absolute atomic E-state index is 14.1. The number of halogens is 1. The quantitative estimate of drug-likeness (QED) is 0.382. The molecule has 3 heterocycles. The molecular weight excluding hydrogens is 451 g/mol. The topological polar surface area (TPSA) is 76.0 Å². The zero-order chi connectivity index (χ0) is 24.2. The van der Waals surface area contributed by atoms with Crippen LogP contribution in [0.4, 0.5) is 4.39 Å². The molecule has 0 fully saturated rings. The van der Waals surface area contributed by atoms with Crippen molar-refractivity contribution in [2.75, 3.05) is 7.05 Å². The van der Waals surface area contributed by atoms with E-state index in [2.05, 4.69) is 46.8 Å². The van der Waals surface area contributed by atoms with Gasteiger partial charge in [0.25, 0.3) is 11.5 Å². The van der Waals surface area contributed by atoms with Gasteiger partial charge in [0, 0.05) is 34.8 Å². The van der Waals surface area contributed by atoms with Crippen LogP contribution in [0.5, 0.6) is 0 Å². The van der Waals surface area contributed by atoms with Crippen LogP contribution in [0.15, 0.2) is 71.8 Å². The van der Waals surface area contributed by atoms with E-state index >= 15 is 0 Å². The molecule has 0 bridgehead atoms. The van der Waals surface area contributed by atoms with Crippen molar-refractivity contribution < 1.29 is 9.18 Å². The summed E-state index contributed by atoms with van der Waals surface area (Å²) in [4.78, 5) is 30.9. The van der Waals surface area contributed by atoms with Gasteiger partial charge in [-0.25, -0.2) is 4.98 Å². The van der Waals surface area contributed by atoms with Gasteiger partial charge >= 0.3 is 0 Å². The van der Waals surface area contributed by atoms with Gasteiger partial charge in [-0.15, -0.1) is 11.3 Å². The van der Waals surface area contributed by atoms with Crippen LogP contribution in [0.3, 0.4) is 0 Å². The first-order valence-corrected chi connectivity index (χ1v) is 11.7. The van der Waals surface area contributed by atoms with E-state index in [1.54, 1.807) is 11.3 Å². The third kappa shape index (κ3) is 4.98. The van der Waals surface area contributed by atoms with Gasteiger partial charge in [0.1, 0.15) is 5.69 Å². The zero-order valence-corrected chi connectivity index (χ0v) is 19.9. The van der Waals surface area contributed by atoms with Crippen LogP contribution in [0, 0.1) is 12.9 Å². The summed E-state index contributed by atoms with van der Waals surface area (Å²) in [7, 11) is 1.92. The molecule has 174 valence electrons. The Bertz CT molecular complexity index is 1400. The van der Waals surface area contributed by atoms with Crippen molar-refractivity contribution in [2.45, 2.75) is 26.4 Å². The maximum Gasteiger partial charge on any atom is 0.255 e. The van der Waals surface area contributed by atoms with Gasteiger partial charge < -0.3 is 10.6 Å². The molecule has 0 aliphatic rings. The molecule has 1 atom stereocenters. The molecule has 0 saturated heterocycles. The van der Waals surface area contributed by atoms with Crippen LogP contribution in [-0.4, -0.2) is 22.5 Å². The van der Waals surface area contributed by atoms with Gasteiger partial charge in [-0.05, 0) is 62.4 Å². The first-order valence-electron chi connectivity index (χ1n) is 10.9. The van der Waals surface area contributed by atoms with E-state index in [1.165, 1.54) is 53.3 Å². The van der Waals surface area contributed by atoms with Crippen molar-refractivity contribution in [3.8, 4) is 16.1 Å². The number of hydrogen-bond acceptors (Lipinski definition) is 5. The number of nitrogens with zero attached hydrogens (tertiary/aromatic N) is 2. The highest BCUT2D eigenvalue weighted by Crippen LogP contribution is 2.34. The van der Waals surface area contributed by atoms with Crippen molar-refractivity contribution >= 4 is 17.2 Å². The highest BCUT2D eigenvalue weighted by atomic mass is 32.1. The number of carbonyl (C=O) groups is 1. The highest BCUT2D eigenvalue weighted by molar-refractivity contribution is 7.15. The number of amides is 1. The molecule has 0 unspecified atom stereocenters. The van der Waals surface area contributed by atoms with Gasteiger partial charge in [0.2, 0.25) is 5.95 Å². The fourth-order valence-corrected chi connectivity index (χ4v) is 4.77. The molecule has 1 aromatic carbocycles. The summed E-state index contributed by atoms with van der Waals surface area (Å²) >= 11 is 1.63. The molecule has 2 N–H and O–H groups in total. The van der Waals surface area contributed by atoms with E-state index in [-0.39, 0.29) is 23.2 Å². The Labute approximate surface area is 201 Å². The van der Waals surface area contributed by atoms with Crippen LogP contribution in [0.25, 0.3) is 16.1 Å². The number of aryl methyl sites for hydroxylation is 1. The van der Waals surface area contributed by atoms with Gasteiger partial charge in [-0.1, -0.05) is 23.8 Å². The number of carbonyl (C=O) groups excluding carboxylic acids is 1. The smallest absolute Gasteiger partial charge is 0.255 e. The molecule has 8 heteroatoms. The third-order valence-electron chi connectivity index (χ3n) is 5.47. The van der Waals surface area contributed by atoms with E-state index in [9.17, 15) is 14.0 Å². The summed E-state index contributed by atoms with van der Waals surface area (Å²) in [5.74, 6) is -1.14. The number of aromatic nitrogens is 2. The summed E-state index contributed by atoms with van der Waals surface area (Å²) < 4.78 is 15.2. The number of rotatable bonds is 7. The van der Waals surface area contributed by atoms with E-state index in [4.69, 9.17) is 0 Å². The Hall–Kier alpha value is -3.62. The summed E-state index contributed by atoms with van der Waals surface area (Å²) in [6.07, 6.45) is 2.64. The Morgan fingerprint density at radius 1 is 1.18 bits per heavy atom. The van der Waals surface area contributed by atoms with Crippen LogP contribution in [-0.2, 0) is 6.54 Å². The molecule has 4 aromatic rings. The van der Waals surface area contributed by atoms with Crippen LogP contribution in [0.2, 0.25) is 0 Å². The number of pyridine rings is 2. The largest absolute Gasteiger partial charge is 0.345 e. The lowest BCUT2D eigenvalue weighted by atomic mass is 10.0. The number of hydrogen-bond donors (Lipinski definition) is 2. The Morgan fingerprint density at radius 2 is 2.00 bits per heavy atom. The molecule has 0 aliphatic heterocycles. The fourth-order valence-electron chi connectivity index (χ4n) is 3.71. The average Bonchev–Trinajstić information content (AvgIpc) is 3.31. The predicted molar refractivity (Wildman–Crippen MR) is 133 cm³/mol. The third-order valence-corrected chi connectivity index (χ3v) is 6.77. The second-order valence-corrected chi connectivity index (χ2v) is 9.14. The summed E-state index contributed by atoms with van der Waals surface area (Å²) in [5.41, 5.74) is 3.37. The highest BCUT2D eigenvalue weighted by Gasteiger charge is 2.17. The second kappa shape index (κ2) is 10.1. The first-order chi connectivity index (χ1) is 16.4. The average molecular weight is 477 g/mol. The summed E-state index contributed by atoms with van der Waals surface area (Å²) in [6.45, 7) is 4.75. The molecule has 1 amide bonds. The molecule has 4 rings (SSSR count). The normalized spacial score (nSPS) is 11.9. The monoisotopic (exact) mass is 476 g/mol. The first kappa shape index (κ1) is 23.5. The van der Waals surface area contributed by atoms with E-state index in [1.807, 2.05) is 20.0 Å². The lowest BCUT2D eigenvalue weighted by molar-refractivity contribution is 0.0940. The zero-order valence-electron chi connectivity index (χ0n) is 19.1. The molecule has 0 radical (unpaired) electrons. The van der Waals surface area contributed by atoms with Crippen molar-refractivity contribution in [3.63, 3.8) is 0 Å². The molecule has 6 nitrogen and oxygen atoms in total. The Balaban J connectivity index is 1.55. The van der Waals surface area contributed by atoms with Crippen LogP contribution < -0.4 is 16.2 Å². The minimum absolute atomic E-state index is 0.00590. The Kier molecular flexibility index (Phi) is 7.00. The maximum atomic E-state index is 14.1. The van der Waals surface area contributed by atoms with E-state index < -0.39 is 11.5 Å². The number of nitrogens with one attached hydrogen (secondary N) is 2. The summed E-state index contributed by atoms with van der Waals surface area (Å²) in [6, 6.07) is 15.9. The van der Waals surface area contributed by atoms with Crippen molar-refractivity contribution in [1.29, 1.82) is 0 Å². The second-order valence-electron chi connectivity index (χ2n) is 8.03. The van der Waals surface area contributed by atoms with Crippen LogP contribution in [0.1, 0.15) is 39.3 Å². The number of thiophene rings is 1. The molecular formula is C26H25FN4O2S. The molecule has 34 heavy (non-hydrogen) atoms. The van der Waals surface area contributed by atoms with Crippen molar-refractivity contribution in [2.24, 2.45) is 0 Å². The Morgan fingerprint density at radius 3 is 2.76 bits per heavy atom. The van der Waals surface area contributed by atoms with Gasteiger partial charge in [-0.3, -0.25) is 14.2 Å². The molecule has 0 spiro atoms. The molecule has 0 aliphatic carbocycles. The lowest BCUT2D eigenvalue weighted by Gasteiger charge is -2.14. The standard InChI is InChI=1S/C26H25FN4O2S/c1-16-6-7-18(14-28-3)20(13-16)23-10-9-22(34-23)17(2)30-26(33)19-8-11-24(32)31(15-19)21-5-4-12-29-25(21)27/h4-13,15,17,28H,14H2,1-3H3,(H,30,33)/t17-/m1/s1. The lowest BCUT2D eigenvalue weighted by Crippen LogP contribution is -2.28. The van der Waals surface area contributed by atoms with Gasteiger partial charge in [-0.2, -0.15) is 4.39 Å². The SMILES string of the molecule is CNCc1ccc(C)cc1-c1ccc([C@@H](C)NC(=O)c2ccc(=O)n(-c3cccnc3F)c2)s1. The number of benzene rings is 1. The molecule has 0 saturated carbocycles. The minimum Gasteiger partial charge on any atom is -0.345 e. The molecule has 3 aromatic heterocycles. The minimum atomic E-state index is -0.782. The van der Waals surface area contributed by atoms with Gasteiger partial charge in [0.05, 0.1) is 11.6 Å². The fraction of sp³-hybridized carbons (Fsp3) is 0.192. The van der Waals surface area contributed by atoms with E-state index in [0.29, 0.717) is 0 Å². The van der Waals surface area contributed by atoms with Crippen molar-refractivity contribution in [1.82, 2.24) is 20.2 Å². The van der Waals surface area contributed by atoms with Crippen LogP contribution >= 0.6 is 11.3 Å². The van der Waals surface area contributed by atoms with E-state index in [0.717, 1.165) is 20.9 Å².